The molecule has 3 aromatic heterocycles. The third-order valence-corrected chi connectivity index (χ3v) is 5.28. The van der Waals surface area contributed by atoms with Crippen LogP contribution >= 0.6 is 0 Å². The Hall–Kier alpha value is -3.06. The highest BCUT2D eigenvalue weighted by Crippen LogP contribution is 2.30. The smallest absolute Gasteiger partial charge is 0.234 e. The molecule has 1 aliphatic rings. The van der Waals surface area contributed by atoms with Gasteiger partial charge in [-0.3, -0.25) is 19.2 Å². The standard InChI is InChI=1S/C22H26N6O/c1-2-20-24-12-14-28(20)21-10-5-8-18(26-21)19-9-6-13-27(19)16-22(29)25-15-17-7-3-4-11-23-17/h3-5,7-8,10-12,14,19H,2,6,9,13,15-16H2,1H3,(H,25,29). The second kappa shape index (κ2) is 8.96. The van der Waals surface area contributed by atoms with E-state index in [1.807, 2.05) is 41.1 Å². The molecule has 29 heavy (non-hydrogen) atoms. The van der Waals surface area contributed by atoms with Crippen molar-refractivity contribution < 1.29 is 4.79 Å². The van der Waals surface area contributed by atoms with E-state index in [0.29, 0.717) is 13.1 Å². The van der Waals surface area contributed by atoms with Crippen LogP contribution in [0.25, 0.3) is 5.82 Å². The minimum atomic E-state index is 0.0154. The fourth-order valence-corrected chi connectivity index (χ4v) is 3.85. The van der Waals surface area contributed by atoms with Crippen LogP contribution in [0.1, 0.15) is 43.0 Å². The minimum absolute atomic E-state index is 0.0154. The molecule has 0 aromatic carbocycles. The molecular weight excluding hydrogens is 364 g/mol. The van der Waals surface area contributed by atoms with Gasteiger partial charge in [0.05, 0.1) is 30.5 Å². The van der Waals surface area contributed by atoms with E-state index in [4.69, 9.17) is 4.98 Å². The van der Waals surface area contributed by atoms with Crippen molar-refractivity contribution in [1.82, 2.24) is 29.7 Å². The largest absolute Gasteiger partial charge is 0.349 e. The van der Waals surface area contributed by atoms with Gasteiger partial charge < -0.3 is 5.32 Å². The number of imidazole rings is 1. The molecule has 0 saturated carbocycles. The van der Waals surface area contributed by atoms with Crippen LogP contribution in [0, 0.1) is 0 Å². The molecule has 1 saturated heterocycles. The summed E-state index contributed by atoms with van der Waals surface area (Å²) in [6.45, 7) is 3.81. The topological polar surface area (TPSA) is 75.9 Å². The lowest BCUT2D eigenvalue weighted by Crippen LogP contribution is -2.37. The van der Waals surface area contributed by atoms with Gasteiger partial charge in [-0.05, 0) is 43.7 Å². The molecule has 1 unspecified atom stereocenters. The van der Waals surface area contributed by atoms with Crippen molar-refractivity contribution in [3.63, 3.8) is 0 Å². The number of carbonyl (C=O) groups excluding carboxylic acids is 1. The van der Waals surface area contributed by atoms with E-state index in [0.717, 1.165) is 48.8 Å². The van der Waals surface area contributed by atoms with Crippen LogP contribution in [0.4, 0.5) is 0 Å². The van der Waals surface area contributed by atoms with Crippen LogP contribution in [0.5, 0.6) is 0 Å². The summed E-state index contributed by atoms with van der Waals surface area (Å²) in [6.07, 6.45) is 8.42. The highest BCUT2D eigenvalue weighted by Gasteiger charge is 2.28. The van der Waals surface area contributed by atoms with Crippen LogP contribution in [-0.2, 0) is 17.8 Å². The summed E-state index contributed by atoms with van der Waals surface area (Å²) in [7, 11) is 0. The quantitative estimate of drug-likeness (QED) is 0.671. The number of aromatic nitrogens is 4. The van der Waals surface area contributed by atoms with Crippen LogP contribution in [0.3, 0.4) is 0 Å². The van der Waals surface area contributed by atoms with Gasteiger partial charge in [0.2, 0.25) is 5.91 Å². The van der Waals surface area contributed by atoms with E-state index in [-0.39, 0.29) is 11.9 Å². The molecule has 150 valence electrons. The van der Waals surface area contributed by atoms with Crippen LogP contribution in [-0.4, -0.2) is 43.4 Å². The Kier molecular flexibility index (Phi) is 5.95. The summed E-state index contributed by atoms with van der Waals surface area (Å²) in [5.41, 5.74) is 1.87. The van der Waals surface area contributed by atoms with E-state index < -0.39 is 0 Å². The number of likely N-dealkylation sites (tertiary alicyclic amines) is 1. The first-order valence-corrected chi connectivity index (χ1v) is 10.1. The SMILES string of the molecule is CCc1nccn1-c1cccc(C2CCCN2CC(=O)NCc2ccccn2)n1. The molecule has 1 N–H and O–H groups in total. The maximum atomic E-state index is 12.5. The van der Waals surface area contributed by atoms with Gasteiger partial charge in [-0.25, -0.2) is 9.97 Å². The van der Waals surface area contributed by atoms with Gasteiger partial charge in [-0.2, -0.15) is 0 Å². The van der Waals surface area contributed by atoms with Crippen LogP contribution < -0.4 is 5.32 Å². The zero-order valence-corrected chi connectivity index (χ0v) is 16.7. The summed E-state index contributed by atoms with van der Waals surface area (Å²) in [5, 5.41) is 2.97. The van der Waals surface area contributed by atoms with Crippen molar-refractivity contribution in [1.29, 1.82) is 0 Å². The second-order valence-corrected chi connectivity index (χ2v) is 7.21. The van der Waals surface area contributed by atoms with Crippen molar-refractivity contribution in [2.24, 2.45) is 0 Å². The Balaban J connectivity index is 1.43. The van der Waals surface area contributed by atoms with E-state index >= 15 is 0 Å². The fraction of sp³-hybridized carbons (Fsp3) is 0.364. The van der Waals surface area contributed by atoms with Gasteiger partial charge in [-0.1, -0.05) is 19.1 Å². The van der Waals surface area contributed by atoms with E-state index in [2.05, 4.69) is 33.2 Å². The number of nitrogens with zero attached hydrogens (tertiary/aromatic N) is 5. The first-order chi connectivity index (χ1) is 14.2. The maximum absolute atomic E-state index is 12.5. The Labute approximate surface area is 170 Å². The average Bonchev–Trinajstić information content (AvgIpc) is 3.42. The third-order valence-electron chi connectivity index (χ3n) is 5.28. The van der Waals surface area contributed by atoms with Gasteiger partial charge in [0.25, 0.3) is 0 Å². The fourth-order valence-electron chi connectivity index (χ4n) is 3.85. The Bertz CT molecular complexity index is 955. The van der Waals surface area contributed by atoms with Gasteiger partial charge in [-0.15, -0.1) is 0 Å². The number of carbonyl (C=O) groups is 1. The predicted octanol–water partition coefficient (Wildman–Crippen LogP) is 2.68. The first-order valence-electron chi connectivity index (χ1n) is 10.1. The van der Waals surface area contributed by atoms with Gasteiger partial charge in [0, 0.05) is 25.0 Å². The highest BCUT2D eigenvalue weighted by atomic mass is 16.2. The lowest BCUT2D eigenvalue weighted by atomic mass is 10.1. The molecule has 7 nitrogen and oxygen atoms in total. The van der Waals surface area contributed by atoms with Crippen LogP contribution in [0.15, 0.2) is 55.0 Å². The monoisotopic (exact) mass is 390 g/mol. The average molecular weight is 390 g/mol. The molecule has 1 fully saturated rings. The third kappa shape index (κ3) is 4.51. The number of pyridine rings is 2. The Morgan fingerprint density at radius 1 is 1.17 bits per heavy atom. The summed E-state index contributed by atoms with van der Waals surface area (Å²) in [6, 6.07) is 12.0. The predicted molar refractivity (Wildman–Crippen MR) is 110 cm³/mol. The number of hydrogen-bond donors (Lipinski definition) is 1. The minimum Gasteiger partial charge on any atom is -0.349 e. The molecule has 0 spiro atoms. The molecular formula is C22H26N6O. The zero-order chi connectivity index (χ0) is 20.1. The molecule has 7 heteroatoms. The molecule has 3 aromatic rings. The number of amides is 1. The van der Waals surface area contributed by atoms with Crippen molar-refractivity contribution in [2.75, 3.05) is 13.1 Å². The maximum Gasteiger partial charge on any atom is 0.234 e. The van der Waals surface area contributed by atoms with Gasteiger partial charge in [0.1, 0.15) is 11.6 Å². The summed E-state index contributed by atoms with van der Waals surface area (Å²) in [4.78, 5) is 28.2. The molecule has 1 atom stereocenters. The molecule has 1 amide bonds. The van der Waals surface area contributed by atoms with Crippen molar-refractivity contribution in [3.8, 4) is 5.82 Å². The second-order valence-electron chi connectivity index (χ2n) is 7.21. The van der Waals surface area contributed by atoms with Crippen LogP contribution in [0.2, 0.25) is 0 Å². The summed E-state index contributed by atoms with van der Waals surface area (Å²) >= 11 is 0. The van der Waals surface area contributed by atoms with E-state index in [9.17, 15) is 4.79 Å². The molecule has 0 bridgehead atoms. The normalized spacial score (nSPS) is 16.8. The number of hydrogen-bond acceptors (Lipinski definition) is 5. The lowest BCUT2D eigenvalue weighted by Gasteiger charge is -2.24. The highest BCUT2D eigenvalue weighted by molar-refractivity contribution is 5.78. The molecule has 0 radical (unpaired) electrons. The Morgan fingerprint density at radius 2 is 2.10 bits per heavy atom. The van der Waals surface area contributed by atoms with Crippen molar-refractivity contribution in [2.45, 2.75) is 38.8 Å². The number of aryl methyl sites for hydroxylation is 1. The van der Waals surface area contributed by atoms with Crippen molar-refractivity contribution >= 4 is 5.91 Å². The molecule has 4 heterocycles. The zero-order valence-electron chi connectivity index (χ0n) is 16.7. The molecule has 0 aliphatic carbocycles. The van der Waals surface area contributed by atoms with E-state index in [1.165, 1.54) is 0 Å². The van der Waals surface area contributed by atoms with Gasteiger partial charge >= 0.3 is 0 Å². The molecule has 1 aliphatic heterocycles. The van der Waals surface area contributed by atoms with Crippen molar-refractivity contribution in [3.05, 3.63) is 72.2 Å². The van der Waals surface area contributed by atoms with E-state index in [1.54, 1.807) is 12.4 Å². The molecule has 4 rings (SSSR count). The summed E-state index contributed by atoms with van der Waals surface area (Å²) in [5.74, 6) is 1.89. The first kappa shape index (κ1) is 19.3. The van der Waals surface area contributed by atoms with Gasteiger partial charge in [0.15, 0.2) is 0 Å². The lowest BCUT2D eigenvalue weighted by molar-refractivity contribution is -0.122. The summed E-state index contributed by atoms with van der Waals surface area (Å²) < 4.78 is 2.03. The number of nitrogens with one attached hydrogen (secondary N) is 1. The number of rotatable bonds is 7. The Morgan fingerprint density at radius 3 is 2.93 bits per heavy atom.